The van der Waals surface area contributed by atoms with Crippen LogP contribution in [0, 0.1) is 0 Å². The molecule has 1 aliphatic rings. The van der Waals surface area contributed by atoms with E-state index in [1.54, 1.807) is 7.05 Å². The smallest absolute Gasteiger partial charge is 0.233 e. The number of amides is 1. The second kappa shape index (κ2) is 4.62. The Bertz CT molecular complexity index is 134. The lowest BCUT2D eigenvalue weighted by Gasteiger charge is -2.09. The minimum atomic E-state index is 0.0712. The zero-order valence-electron chi connectivity index (χ0n) is 6.72. The van der Waals surface area contributed by atoms with Gasteiger partial charge in [0.05, 0.1) is 6.54 Å². The number of thioether (sulfide) groups is 1. The zero-order chi connectivity index (χ0) is 8.10. The highest BCUT2D eigenvalue weighted by Crippen LogP contribution is 2.16. The molecule has 1 saturated heterocycles. The van der Waals surface area contributed by atoms with Crippen LogP contribution in [-0.4, -0.2) is 37.0 Å². The Morgan fingerprint density at radius 3 is 3.09 bits per heavy atom. The molecule has 64 valence electrons. The molecule has 0 radical (unpaired) electrons. The van der Waals surface area contributed by atoms with E-state index in [0.29, 0.717) is 12.6 Å². The van der Waals surface area contributed by atoms with E-state index in [0.717, 1.165) is 5.75 Å². The van der Waals surface area contributed by atoms with E-state index in [9.17, 15) is 4.79 Å². The van der Waals surface area contributed by atoms with Crippen molar-refractivity contribution in [3.8, 4) is 0 Å². The van der Waals surface area contributed by atoms with Crippen LogP contribution in [0.15, 0.2) is 0 Å². The average Bonchev–Trinajstić information content (AvgIpc) is 2.52. The number of likely N-dealkylation sites (N-methyl/N-ethyl adjacent to an activating group) is 1. The second-order valence-corrected chi connectivity index (χ2v) is 3.76. The van der Waals surface area contributed by atoms with Crippen molar-refractivity contribution >= 4 is 17.7 Å². The molecule has 1 fully saturated rings. The van der Waals surface area contributed by atoms with Crippen LogP contribution in [0.1, 0.15) is 6.42 Å². The molecule has 11 heavy (non-hydrogen) atoms. The summed E-state index contributed by atoms with van der Waals surface area (Å²) < 4.78 is 0. The molecular weight excluding hydrogens is 160 g/mol. The quantitative estimate of drug-likeness (QED) is 0.624. The summed E-state index contributed by atoms with van der Waals surface area (Å²) in [4.78, 5) is 10.8. The minimum absolute atomic E-state index is 0.0712. The molecule has 0 saturated carbocycles. The molecule has 1 aliphatic heterocycles. The molecule has 1 heterocycles. The summed E-state index contributed by atoms with van der Waals surface area (Å²) in [6, 6.07) is 0.553. The molecule has 1 atom stereocenters. The van der Waals surface area contributed by atoms with Gasteiger partial charge in [0, 0.05) is 18.8 Å². The molecule has 0 aromatic heterocycles. The first-order valence-electron chi connectivity index (χ1n) is 3.84. The molecular formula is C7H14N2OS. The van der Waals surface area contributed by atoms with Crippen LogP contribution in [0.5, 0.6) is 0 Å². The highest BCUT2D eigenvalue weighted by molar-refractivity contribution is 7.99. The molecule has 0 aliphatic carbocycles. The van der Waals surface area contributed by atoms with Gasteiger partial charge in [-0.1, -0.05) is 0 Å². The number of carbonyl (C=O) groups is 1. The maximum Gasteiger partial charge on any atom is 0.233 e. The van der Waals surface area contributed by atoms with Crippen molar-refractivity contribution in [1.29, 1.82) is 0 Å². The zero-order valence-corrected chi connectivity index (χ0v) is 7.54. The third kappa shape index (κ3) is 3.12. The molecule has 2 N–H and O–H groups in total. The van der Waals surface area contributed by atoms with Gasteiger partial charge in [-0.3, -0.25) is 4.79 Å². The Kier molecular flexibility index (Phi) is 3.72. The molecule has 0 spiro atoms. The van der Waals surface area contributed by atoms with Crippen LogP contribution < -0.4 is 10.6 Å². The molecule has 0 bridgehead atoms. The normalized spacial score (nSPS) is 23.5. The van der Waals surface area contributed by atoms with Crippen molar-refractivity contribution in [3.05, 3.63) is 0 Å². The fourth-order valence-corrected chi connectivity index (χ4v) is 2.21. The molecule has 1 rings (SSSR count). The number of carbonyl (C=O) groups excluding carboxylic acids is 1. The van der Waals surface area contributed by atoms with Gasteiger partial charge in [0.15, 0.2) is 0 Å². The van der Waals surface area contributed by atoms with E-state index in [4.69, 9.17) is 0 Å². The highest BCUT2D eigenvalue weighted by Gasteiger charge is 2.14. The molecule has 0 aromatic carbocycles. The molecule has 3 nitrogen and oxygen atoms in total. The van der Waals surface area contributed by atoms with Gasteiger partial charge < -0.3 is 10.6 Å². The van der Waals surface area contributed by atoms with Gasteiger partial charge in [-0.05, 0) is 12.2 Å². The number of hydrogen-bond acceptors (Lipinski definition) is 3. The third-order valence-electron chi connectivity index (χ3n) is 1.76. The first-order chi connectivity index (χ1) is 5.33. The van der Waals surface area contributed by atoms with Crippen LogP contribution in [0.25, 0.3) is 0 Å². The predicted molar refractivity (Wildman–Crippen MR) is 47.8 cm³/mol. The SMILES string of the molecule is CNC(=O)CNC1CCSC1. The summed E-state index contributed by atoms with van der Waals surface area (Å²) in [5, 5.41) is 5.78. The fourth-order valence-electron chi connectivity index (χ4n) is 1.02. The maximum atomic E-state index is 10.8. The van der Waals surface area contributed by atoms with Gasteiger partial charge in [-0.15, -0.1) is 0 Å². The highest BCUT2D eigenvalue weighted by atomic mass is 32.2. The molecule has 1 unspecified atom stereocenters. The monoisotopic (exact) mass is 174 g/mol. The van der Waals surface area contributed by atoms with Gasteiger partial charge in [0.25, 0.3) is 0 Å². The summed E-state index contributed by atoms with van der Waals surface area (Å²) in [5.74, 6) is 2.45. The number of nitrogens with one attached hydrogen (secondary N) is 2. The van der Waals surface area contributed by atoms with Gasteiger partial charge in [0.2, 0.25) is 5.91 Å². The van der Waals surface area contributed by atoms with Crippen molar-refractivity contribution in [1.82, 2.24) is 10.6 Å². The lowest BCUT2D eigenvalue weighted by molar-refractivity contribution is -0.119. The largest absolute Gasteiger partial charge is 0.358 e. The first-order valence-corrected chi connectivity index (χ1v) is 5.00. The van der Waals surface area contributed by atoms with Crippen LogP contribution >= 0.6 is 11.8 Å². The number of hydrogen-bond donors (Lipinski definition) is 2. The Balaban J connectivity index is 2.06. The van der Waals surface area contributed by atoms with E-state index in [-0.39, 0.29) is 5.91 Å². The van der Waals surface area contributed by atoms with Crippen molar-refractivity contribution in [3.63, 3.8) is 0 Å². The van der Waals surface area contributed by atoms with E-state index < -0.39 is 0 Å². The molecule has 0 aromatic rings. The van der Waals surface area contributed by atoms with Crippen LogP contribution in [0.2, 0.25) is 0 Å². The van der Waals surface area contributed by atoms with Crippen LogP contribution in [0.3, 0.4) is 0 Å². The third-order valence-corrected chi connectivity index (χ3v) is 2.92. The molecule has 4 heteroatoms. The summed E-state index contributed by atoms with van der Waals surface area (Å²) in [6.45, 7) is 0.460. The Morgan fingerprint density at radius 1 is 1.73 bits per heavy atom. The van der Waals surface area contributed by atoms with E-state index in [2.05, 4.69) is 10.6 Å². The predicted octanol–water partition coefficient (Wildman–Crippen LogP) is -0.173. The Hall–Kier alpha value is -0.220. The van der Waals surface area contributed by atoms with E-state index in [1.807, 2.05) is 11.8 Å². The lowest BCUT2D eigenvalue weighted by Crippen LogP contribution is -2.37. The number of rotatable bonds is 3. The van der Waals surface area contributed by atoms with Crippen LogP contribution in [0.4, 0.5) is 0 Å². The average molecular weight is 174 g/mol. The summed E-state index contributed by atoms with van der Waals surface area (Å²) in [5.41, 5.74) is 0. The van der Waals surface area contributed by atoms with Crippen molar-refractivity contribution in [2.45, 2.75) is 12.5 Å². The minimum Gasteiger partial charge on any atom is -0.358 e. The topological polar surface area (TPSA) is 41.1 Å². The van der Waals surface area contributed by atoms with Gasteiger partial charge in [0.1, 0.15) is 0 Å². The summed E-state index contributed by atoms with van der Waals surface area (Å²) in [7, 11) is 1.66. The second-order valence-electron chi connectivity index (χ2n) is 2.61. The van der Waals surface area contributed by atoms with Crippen molar-refractivity contribution in [2.75, 3.05) is 25.1 Å². The standard InChI is InChI=1S/C7H14N2OS/c1-8-7(10)4-9-6-2-3-11-5-6/h6,9H,2-5H2,1H3,(H,8,10). The van der Waals surface area contributed by atoms with E-state index >= 15 is 0 Å². The maximum absolute atomic E-state index is 10.8. The fraction of sp³-hybridized carbons (Fsp3) is 0.857. The Labute approximate surface area is 71.3 Å². The summed E-state index contributed by atoms with van der Waals surface area (Å²) >= 11 is 1.95. The van der Waals surface area contributed by atoms with Crippen molar-refractivity contribution < 1.29 is 4.79 Å². The lowest BCUT2D eigenvalue weighted by atomic mass is 10.2. The first kappa shape index (κ1) is 8.87. The van der Waals surface area contributed by atoms with Gasteiger partial charge in [-0.2, -0.15) is 11.8 Å². The Morgan fingerprint density at radius 2 is 2.55 bits per heavy atom. The van der Waals surface area contributed by atoms with E-state index in [1.165, 1.54) is 12.2 Å². The van der Waals surface area contributed by atoms with Crippen molar-refractivity contribution in [2.24, 2.45) is 0 Å². The van der Waals surface area contributed by atoms with Gasteiger partial charge >= 0.3 is 0 Å². The summed E-state index contributed by atoms with van der Waals surface area (Å²) in [6.07, 6.45) is 1.20. The molecule has 1 amide bonds. The van der Waals surface area contributed by atoms with Crippen LogP contribution in [-0.2, 0) is 4.79 Å². The van der Waals surface area contributed by atoms with Gasteiger partial charge in [-0.25, -0.2) is 0 Å².